The van der Waals surface area contributed by atoms with Crippen LogP contribution >= 0.6 is 23.8 Å². The van der Waals surface area contributed by atoms with Crippen molar-refractivity contribution >= 4 is 23.8 Å². The molecular formula is C14H18ClN7S. The second kappa shape index (κ2) is 5.93. The number of nitrogens with one attached hydrogen (secondary N) is 1. The lowest BCUT2D eigenvalue weighted by atomic mass is 10.3. The van der Waals surface area contributed by atoms with E-state index in [1.165, 1.54) is 0 Å². The van der Waals surface area contributed by atoms with Crippen LogP contribution in [0.25, 0.3) is 5.69 Å². The summed E-state index contributed by atoms with van der Waals surface area (Å²) in [5.74, 6) is 0.760. The van der Waals surface area contributed by atoms with Crippen LogP contribution in [-0.4, -0.2) is 34.3 Å². The molecule has 0 aromatic carbocycles. The van der Waals surface area contributed by atoms with Gasteiger partial charge in [-0.3, -0.25) is 19.0 Å². The molecule has 0 bridgehead atoms. The summed E-state index contributed by atoms with van der Waals surface area (Å²) in [6.45, 7) is 9.18. The SMILES string of the molecule is CCn1ncc(-n2c(Cn3nc(C)c(Cl)c3C)n[nH]c2=S)c1C. The molecule has 9 heteroatoms. The van der Waals surface area contributed by atoms with Crippen LogP contribution in [0.4, 0.5) is 0 Å². The predicted octanol–water partition coefficient (Wildman–Crippen LogP) is 2.97. The summed E-state index contributed by atoms with van der Waals surface area (Å²) in [5, 5.41) is 16.7. The molecule has 7 nitrogen and oxygen atoms in total. The molecule has 0 aliphatic rings. The molecular weight excluding hydrogens is 334 g/mol. The molecule has 3 aromatic rings. The molecule has 0 atom stereocenters. The Labute approximate surface area is 143 Å². The Balaban J connectivity index is 2.07. The summed E-state index contributed by atoms with van der Waals surface area (Å²) in [6.07, 6.45) is 1.81. The minimum Gasteiger partial charge on any atom is -0.268 e. The number of hydrogen-bond acceptors (Lipinski definition) is 4. The largest absolute Gasteiger partial charge is 0.268 e. The molecule has 3 rings (SSSR count). The molecule has 0 spiro atoms. The van der Waals surface area contributed by atoms with Crippen molar-refractivity contribution in [1.82, 2.24) is 34.3 Å². The van der Waals surface area contributed by atoms with Crippen molar-refractivity contribution in [2.24, 2.45) is 0 Å². The molecule has 122 valence electrons. The van der Waals surface area contributed by atoms with E-state index < -0.39 is 0 Å². The van der Waals surface area contributed by atoms with Crippen LogP contribution in [-0.2, 0) is 13.1 Å². The molecule has 0 aliphatic heterocycles. The zero-order valence-corrected chi connectivity index (χ0v) is 15.0. The molecule has 0 amide bonds. The van der Waals surface area contributed by atoms with Crippen molar-refractivity contribution < 1.29 is 0 Å². The number of aromatic nitrogens is 7. The van der Waals surface area contributed by atoms with Gasteiger partial charge in [-0.2, -0.15) is 15.3 Å². The Hall–Kier alpha value is -1.93. The fraction of sp³-hybridized carbons (Fsp3) is 0.429. The van der Waals surface area contributed by atoms with Crippen molar-refractivity contribution in [3.8, 4) is 5.69 Å². The molecule has 0 radical (unpaired) electrons. The van der Waals surface area contributed by atoms with Gasteiger partial charge in [-0.25, -0.2) is 0 Å². The molecule has 0 saturated heterocycles. The fourth-order valence-corrected chi connectivity index (χ4v) is 3.01. The number of H-pyrrole nitrogens is 1. The molecule has 3 aromatic heterocycles. The van der Waals surface area contributed by atoms with E-state index in [9.17, 15) is 0 Å². The summed E-state index contributed by atoms with van der Waals surface area (Å²) < 4.78 is 6.19. The van der Waals surface area contributed by atoms with E-state index in [4.69, 9.17) is 23.8 Å². The Bertz CT molecular complexity index is 914. The van der Waals surface area contributed by atoms with Crippen molar-refractivity contribution in [1.29, 1.82) is 0 Å². The highest BCUT2D eigenvalue weighted by atomic mass is 35.5. The van der Waals surface area contributed by atoms with Crippen LogP contribution < -0.4 is 0 Å². The smallest absolute Gasteiger partial charge is 0.200 e. The van der Waals surface area contributed by atoms with Gasteiger partial charge >= 0.3 is 0 Å². The van der Waals surface area contributed by atoms with Gasteiger partial charge < -0.3 is 0 Å². The first-order valence-corrected chi connectivity index (χ1v) is 8.11. The van der Waals surface area contributed by atoms with Crippen LogP contribution in [0.3, 0.4) is 0 Å². The highest BCUT2D eigenvalue weighted by Crippen LogP contribution is 2.21. The lowest BCUT2D eigenvalue weighted by molar-refractivity contribution is 0.619. The van der Waals surface area contributed by atoms with Crippen molar-refractivity contribution in [2.75, 3.05) is 0 Å². The van der Waals surface area contributed by atoms with E-state index in [1.54, 1.807) is 0 Å². The van der Waals surface area contributed by atoms with Gasteiger partial charge in [0.2, 0.25) is 0 Å². The van der Waals surface area contributed by atoms with Gasteiger partial charge in [0.1, 0.15) is 6.54 Å². The van der Waals surface area contributed by atoms with Crippen LogP contribution in [0.2, 0.25) is 5.02 Å². The highest BCUT2D eigenvalue weighted by Gasteiger charge is 2.17. The van der Waals surface area contributed by atoms with Gasteiger partial charge in [0.25, 0.3) is 0 Å². The third-order valence-electron chi connectivity index (χ3n) is 3.94. The van der Waals surface area contributed by atoms with Gasteiger partial charge in [-0.05, 0) is 39.9 Å². The van der Waals surface area contributed by atoms with Crippen molar-refractivity contribution in [3.63, 3.8) is 0 Å². The van der Waals surface area contributed by atoms with Crippen molar-refractivity contribution in [2.45, 2.75) is 40.8 Å². The van der Waals surface area contributed by atoms with E-state index in [0.29, 0.717) is 16.3 Å². The molecule has 23 heavy (non-hydrogen) atoms. The first-order valence-electron chi connectivity index (χ1n) is 7.32. The van der Waals surface area contributed by atoms with Crippen molar-refractivity contribution in [3.05, 3.63) is 38.9 Å². The maximum absolute atomic E-state index is 6.22. The first-order chi connectivity index (χ1) is 10.9. The number of aryl methyl sites for hydroxylation is 2. The Kier molecular flexibility index (Phi) is 4.11. The van der Waals surface area contributed by atoms with E-state index in [2.05, 4.69) is 27.3 Å². The maximum atomic E-state index is 6.22. The lowest BCUT2D eigenvalue weighted by Crippen LogP contribution is -2.11. The summed E-state index contributed by atoms with van der Waals surface area (Å²) in [5.41, 5.74) is 3.68. The van der Waals surface area contributed by atoms with E-state index in [0.717, 1.165) is 35.1 Å². The molecule has 0 fully saturated rings. The number of rotatable bonds is 4. The molecule has 0 unspecified atom stereocenters. The Morgan fingerprint density at radius 3 is 2.52 bits per heavy atom. The maximum Gasteiger partial charge on any atom is 0.200 e. The van der Waals surface area contributed by atoms with Crippen LogP contribution in [0, 0.1) is 25.5 Å². The summed E-state index contributed by atoms with van der Waals surface area (Å²) in [7, 11) is 0. The van der Waals surface area contributed by atoms with Gasteiger partial charge in [-0.1, -0.05) is 11.6 Å². The zero-order valence-electron chi connectivity index (χ0n) is 13.5. The van der Waals surface area contributed by atoms with E-state index in [1.807, 2.05) is 40.9 Å². The molecule has 0 aliphatic carbocycles. The quantitative estimate of drug-likeness (QED) is 0.734. The van der Waals surface area contributed by atoms with Gasteiger partial charge in [0.05, 0.1) is 34.0 Å². The zero-order chi connectivity index (χ0) is 16.7. The number of halogens is 1. The molecule has 0 saturated carbocycles. The minimum atomic E-state index is 0.475. The normalized spacial score (nSPS) is 11.3. The average molecular weight is 352 g/mol. The fourth-order valence-electron chi connectivity index (χ4n) is 2.62. The average Bonchev–Trinajstić information content (AvgIpc) is 3.13. The predicted molar refractivity (Wildman–Crippen MR) is 90.8 cm³/mol. The second-order valence-electron chi connectivity index (χ2n) is 5.35. The van der Waals surface area contributed by atoms with Gasteiger partial charge in [0.15, 0.2) is 10.6 Å². The monoisotopic (exact) mass is 351 g/mol. The van der Waals surface area contributed by atoms with E-state index >= 15 is 0 Å². The van der Waals surface area contributed by atoms with Crippen LogP contribution in [0.5, 0.6) is 0 Å². The number of hydrogen-bond donors (Lipinski definition) is 1. The lowest BCUT2D eigenvalue weighted by Gasteiger charge is -2.08. The number of aromatic amines is 1. The summed E-state index contributed by atoms with van der Waals surface area (Å²) >= 11 is 11.6. The number of nitrogens with zero attached hydrogens (tertiary/aromatic N) is 6. The third-order valence-corrected chi connectivity index (χ3v) is 4.76. The summed E-state index contributed by atoms with van der Waals surface area (Å²) in [6, 6.07) is 0. The second-order valence-corrected chi connectivity index (χ2v) is 6.12. The van der Waals surface area contributed by atoms with Crippen LogP contribution in [0.1, 0.15) is 29.8 Å². The van der Waals surface area contributed by atoms with Gasteiger partial charge in [0, 0.05) is 6.54 Å². The van der Waals surface area contributed by atoms with Crippen LogP contribution in [0.15, 0.2) is 6.20 Å². The third kappa shape index (κ3) is 2.61. The Morgan fingerprint density at radius 1 is 1.22 bits per heavy atom. The molecule has 3 heterocycles. The Morgan fingerprint density at radius 2 is 1.96 bits per heavy atom. The molecule has 1 N–H and O–H groups in total. The minimum absolute atomic E-state index is 0.475. The van der Waals surface area contributed by atoms with E-state index in [-0.39, 0.29) is 0 Å². The summed E-state index contributed by atoms with van der Waals surface area (Å²) in [4.78, 5) is 0. The standard InChI is InChI=1S/C14H18ClN7S/c1-5-20-9(3)11(6-16-20)22-12(17-18-14(22)23)7-21-10(4)13(15)8(2)19-21/h6H,5,7H2,1-4H3,(H,18,23). The topological polar surface area (TPSA) is 69.2 Å². The first kappa shape index (κ1) is 15.9. The highest BCUT2D eigenvalue weighted by molar-refractivity contribution is 7.71. The van der Waals surface area contributed by atoms with Gasteiger partial charge in [-0.15, -0.1) is 0 Å².